The van der Waals surface area contributed by atoms with Gasteiger partial charge < -0.3 is 10.0 Å². The molecular formula is C13H27NO. The maximum absolute atomic E-state index is 9.44. The summed E-state index contributed by atoms with van der Waals surface area (Å²) in [5.41, 5.74) is 0. The van der Waals surface area contributed by atoms with E-state index in [1.807, 2.05) is 6.92 Å². The van der Waals surface area contributed by atoms with Crippen LogP contribution in [0.15, 0.2) is 0 Å². The summed E-state index contributed by atoms with van der Waals surface area (Å²) in [7, 11) is 2.22. The zero-order valence-electron chi connectivity index (χ0n) is 10.4. The highest BCUT2D eigenvalue weighted by Gasteiger charge is 2.16. The fourth-order valence-electron chi connectivity index (χ4n) is 2.53. The van der Waals surface area contributed by atoms with Crippen LogP contribution in [0.25, 0.3) is 0 Å². The first kappa shape index (κ1) is 13.0. The molecular weight excluding hydrogens is 186 g/mol. The summed E-state index contributed by atoms with van der Waals surface area (Å²) >= 11 is 0. The minimum absolute atomic E-state index is 0.0788. The Morgan fingerprint density at radius 2 is 2.00 bits per heavy atom. The number of hydrogen-bond acceptors (Lipinski definition) is 2. The number of hydrogen-bond donors (Lipinski definition) is 1. The van der Waals surface area contributed by atoms with Gasteiger partial charge in [0.25, 0.3) is 0 Å². The summed E-state index contributed by atoms with van der Waals surface area (Å²) in [6.07, 6.45) is 8.66. The monoisotopic (exact) mass is 213 g/mol. The molecule has 0 amide bonds. The Morgan fingerprint density at radius 1 is 1.33 bits per heavy atom. The van der Waals surface area contributed by atoms with Crippen LogP contribution in [0.3, 0.4) is 0 Å². The number of aliphatic hydroxyl groups excluding tert-OH is 1. The second-order valence-corrected chi connectivity index (χ2v) is 5.12. The molecule has 15 heavy (non-hydrogen) atoms. The third kappa shape index (κ3) is 5.53. The zero-order chi connectivity index (χ0) is 11.1. The van der Waals surface area contributed by atoms with Gasteiger partial charge >= 0.3 is 0 Å². The Kier molecular flexibility index (Phi) is 6.26. The van der Waals surface area contributed by atoms with Crippen LogP contribution < -0.4 is 0 Å². The van der Waals surface area contributed by atoms with Crippen LogP contribution in [-0.4, -0.2) is 36.2 Å². The van der Waals surface area contributed by atoms with Crippen molar-refractivity contribution in [2.45, 2.75) is 58.0 Å². The zero-order valence-corrected chi connectivity index (χ0v) is 10.4. The molecule has 1 saturated carbocycles. The van der Waals surface area contributed by atoms with Crippen LogP contribution >= 0.6 is 0 Å². The van der Waals surface area contributed by atoms with Gasteiger partial charge in [-0.15, -0.1) is 0 Å². The van der Waals surface area contributed by atoms with E-state index in [9.17, 15) is 5.11 Å². The minimum atomic E-state index is -0.0788. The summed E-state index contributed by atoms with van der Waals surface area (Å²) < 4.78 is 0. The van der Waals surface area contributed by atoms with Gasteiger partial charge in [0.2, 0.25) is 0 Å². The van der Waals surface area contributed by atoms with Crippen molar-refractivity contribution >= 4 is 0 Å². The molecule has 0 saturated heterocycles. The van der Waals surface area contributed by atoms with E-state index in [0.29, 0.717) is 0 Å². The number of aliphatic hydroxyl groups is 1. The Balaban J connectivity index is 2.00. The second kappa shape index (κ2) is 7.24. The molecule has 1 rings (SSSR count). The van der Waals surface area contributed by atoms with Crippen LogP contribution in [0.1, 0.15) is 51.9 Å². The van der Waals surface area contributed by atoms with Crippen molar-refractivity contribution in [3.8, 4) is 0 Å². The third-order valence-electron chi connectivity index (χ3n) is 3.59. The first-order valence-electron chi connectivity index (χ1n) is 6.59. The Labute approximate surface area is 94.7 Å². The summed E-state index contributed by atoms with van der Waals surface area (Å²) in [6, 6.07) is 0. The SMILES string of the molecule is CCC(O)CCCN(C)CC1CCCC1. The van der Waals surface area contributed by atoms with Crippen molar-refractivity contribution in [3.05, 3.63) is 0 Å². The van der Waals surface area contributed by atoms with Crippen molar-refractivity contribution in [2.75, 3.05) is 20.1 Å². The average Bonchev–Trinajstić information content (AvgIpc) is 2.70. The molecule has 1 atom stereocenters. The second-order valence-electron chi connectivity index (χ2n) is 5.12. The molecule has 1 unspecified atom stereocenters. The molecule has 0 aromatic heterocycles. The van der Waals surface area contributed by atoms with E-state index in [4.69, 9.17) is 0 Å². The maximum atomic E-state index is 9.44. The minimum Gasteiger partial charge on any atom is -0.393 e. The van der Waals surface area contributed by atoms with Gasteiger partial charge in [-0.1, -0.05) is 19.8 Å². The molecule has 0 bridgehead atoms. The van der Waals surface area contributed by atoms with Gasteiger partial charge in [0.15, 0.2) is 0 Å². The molecule has 0 aromatic carbocycles. The molecule has 2 heteroatoms. The maximum Gasteiger partial charge on any atom is 0.0538 e. The lowest BCUT2D eigenvalue weighted by Gasteiger charge is -2.21. The molecule has 1 N–H and O–H groups in total. The van der Waals surface area contributed by atoms with Gasteiger partial charge in [-0.25, -0.2) is 0 Å². The molecule has 0 spiro atoms. The predicted octanol–water partition coefficient (Wildman–Crippen LogP) is 2.66. The first-order valence-corrected chi connectivity index (χ1v) is 6.59. The lowest BCUT2D eigenvalue weighted by atomic mass is 10.1. The van der Waals surface area contributed by atoms with Gasteiger partial charge in [-0.2, -0.15) is 0 Å². The standard InChI is InChI=1S/C13H27NO/c1-3-13(15)9-6-10-14(2)11-12-7-4-5-8-12/h12-13,15H,3-11H2,1-2H3. The Morgan fingerprint density at radius 3 is 2.60 bits per heavy atom. The quantitative estimate of drug-likeness (QED) is 0.703. The molecule has 1 aliphatic rings. The number of rotatable bonds is 7. The van der Waals surface area contributed by atoms with Crippen molar-refractivity contribution in [3.63, 3.8) is 0 Å². The average molecular weight is 213 g/mol. The Hall–Kier alpha value is -0.0800. The molecule has 2 nitrogen and oxygen atoms in total. The highest BCUT2D eigenvalue weighted by Crippen LogP contribution is 2.25. The van der Waals surface area contributed by atoms with E-state index in [2.05, 4.69) is 11.9 Å². The van der Waals surface area contributed by atoms with E-state index in [1.54, 1.807) is 0 Å². The van der Waals surface area contributed by atoms with Crippen LogP contribution in [0.2, 0.25) is 0 Å². The van der Waals surface area contributed by atoms with Gasteiger partial charge in [-0.3, -0.25) is 0 Å². The molecule has 0 heterocycles. The third-order valence-corrected chi connectivity index (χ3v) is 3.59. The topological polar surface area (TPSA) is 23.5 Å². The fourth-order valence-corrected chi connectivity index (χ4v) is 2.53. The molecule has 0 aromatic rings. The molecule has 1 fully saturated rings. The van der Waals surface area contributed by atoms with Gasteiger partial charge in [0.05, 0.1) is 6.10 Å². The van der Waals surface area contributed by atoms with E-state index >= 15 is 0 Å². The van der Waals surface area contributed by atoms with Crippen LogP contribution in [-0.2, 0) is 0 Å². The van der Waals surface area contributed by atoms with E-state index in [0.717, 1.165) is 31.7 Å². The lowest BCUT2D eigenvalue weighted by molar-refractivity contribution is 0.150. The van der Waals surface area contributed by atoms with E-state index in [-0.39, 0.29) is 6.10 Å². The molecule has 90 valence electrons. The largest absolute Gasteiger partial charge is 0.393 e. The number of nitrogens with zero attached hydrogens (tertiary/aromatic N) is 1. The first-order chi connectivity index (χ1) is 7.22. The predicted molar refractivity (Wildman–Crippen MR) is 65.0 cm³/mol. The van der Waals surface area contributed by atoms with Crippen molar-refractivity contribution in [1.29, 1.82) is 0 Å². The summed E-state index contributed by atoms with van der Waals surface area (Å²) in [6.45, 7) is 4.46. The van der Waals surface area contributed by atoms with Crippen LogP contribution in [0.5, 0.6) is 0 Å². The van der Waals surface area contributed by atoms with Crippen LogP contribution in [0, 0.1) is 5.92 Å². The molecule has 0 radical (unpaired) electrons. The van der Waals surface area contributed by atoms with Crippen molar-refractivity contribution in [2.24, 2.45) is 5.92 Å². The van der Waals surface area contributed by atoms with E-state index < -0.39 is 0 Å². The summed E-state index contributed by atoms with van der Waals surface area (Å²) in [5, 5.41) is 9.44. The Bertz CT molecular complexity index is 155. The highest BCUT2D eigenvalue weighted by molar-refractivity contribution is 4.70. The van der Waals surface area contributed by atoms with Crippen LogP contribution in [0.4, 0.5) is 0 Å². The summed E-state index contributed by atoms with van der Waals surface area (Å²) in [4.78, 5) is 2.44. The summed E-state index contributed by atoms with van der Waals surface area (Å²) in [5.74, 6) is 0.950. The van der Waals surface area contributed by atoms with Crippen molar-refractivity contribution in [1.82, 2.24) is 4.90 Å². The van der Waals surface area contributed by atoms with Gasteiger partial charge in [-0.05, 0) is 51.6 Å². The fraction of sp³-hybridized carbons (Fsp3) is 1.00. The van der Waals surface area contributed by atoms with Crippen molar-refractivity contribution < 1.29 is 5.11 Å². The smallest absolute Gasteiger partial charge is 0.0538 e. The van der Waals surface area contributed by atoms with Gasteiger partial charge in [0.1, 0.15) is 0 Å². The lowest BCUT2D eigenvalue weighted by Crippen LogP contribution is -2.26. The highest BCUT2D eigenvalue weighted by atomic mass is 16.3. The normalized spacial score (nSPS) is 20.0. The van der Waals surface area contributed by atoms with E-state index in [1.165, 1.54) is 32.2 Å². The van der Waals surface area contributed by atoms with Gasteiger partial charge in [0, 0.05) is 6.54 Å². The molecule has 1 aliphatic carbocycles. The molecule has 0 aliphatic heterocycles.